The molecular weight excluding hydrogens is 374 g/mol. The second-order valence-corrected chi connectivity index (χ2v) is 9.35. The number of guanidine groups is 1. The highest BCUT2D eigenvalue weighted by Crippen LogP contribution is 2.21. The van der Waals surface area contributed by atoms with Crippen molar-refractivity contribution in [3.05, 3.63) is 16.1 Å². The van der Waals surface area contributed by atoms with E-state index in [2.05, 4.69) is 27.5 Å². The number of hydrogen-bond donors (Lipinski definition) is 2. The summed E-state index contributed by atoms with van der Waals surface area (Å²) in [6.07, 6.45) is 5.94. The Morgan fingerprint density at radius 2 is 2.21 bits per heavy atom. The molecule has 1 aromatic heterocycles. The molecule has 1 atom stereocenters. The van der Waals surface area contributed by atoms with Gasteiger partial charge in [-0.2, -0.15) is 0 Å². The van der Waals surface area contributed by atoms with Gasteiger partial charge in [0, 0.05) is 37.8 Å². The van der Waals surface area contributed by atoms with Crippen molar-refractivity contribution in [1.29, 1.82) is 0 Å². The molecule has 0 bridgehead atoms. The minimum Gasteiger partial charge on any atom is -0.444 e. The average Bonchev–Trinajstić information content (AvgIpc) is 3.11. The van der Waals surface area contributed by atoms with E-state index in [4.69, 9.17) is 4.74 Å². The normalized spacial score (nSPS) is 18.1. The van der Waals surface area contributed by atoms with Crippen LogP contribution >= 0.6 is 11.3 Å². The molecule has 2 rings (SSSR count). The van der Waals surface area contributed by atoms with Gasteiger partial charge in [0.1, 0.15) is 10.6 Å². The summed E-state index contributed by atoms with van der Waals surface area (Å²) in [7, 11) is 1.78. The number of thiazole rings is 1. The molecule has 0 aromatic carbocycles. The molecule has 1 aliphatic rings. The fourth-order valence-corrected chi connectivity index (χ4v) is 3.96. The summed E-state index contributed by atoms with van der Waals surface area (Å²) in [6.45, 7) is 10.9. The van der Waals surface area contributed by atoms with E-state index in [1.54, 1.807) is 18.4 Å². The molecule has 1 aromatic rings. The number of hydrogen-bond acceptors (Lipinski definition) is 5. The molecule has 1 aliphatic heterocycles. The van der Waals surface area contributed by atoms with Gasteiger partial charge in [0.05, 0.1) is 6.54 Å². The molecule has 0 radical (unpaired) electrons. The number of rotatable bonds is 6. The molecule has 8 heteroatoms. The average molecular weight is 410 g/mol. The minimum absolute atomic E-state index is 0.197. The highest BCUT2D eigenvalue weighted by Gasteiger charge is 2.27. The van der Waals surface area contributed by atoms with Crippen molar-refractivity contribution in [3.8, 4) is 0 Å². The molecule has 7 nitrogen and oxygen atoms in total. The molecule has 158 valence electrons. The summed E-state index contributed by atoms with van der Waals surface area (Å²) in [6, 6.07) is 0. The van der Waals surface area contributed by atoms with Crippen molar-refractivity contribution >= 4 is 23.4 Å². The van der Waals surface area contributed by atoms with E-state index < -0.39 is 5.60 Å². The Morgan fingerprint density at radius 1 is 1.43 bits per heavy atom. The summed E-state index contributed by atoms with van der Waals surface area (Å²) in [5, 5.41) is 7.76. The number of aryl methyl sites for hydroxylation is 1. The van der Waals surface area contributed by atoms with Gasteiger partial charge in [-0.15, -0.1) is 11.3 Å². The number of aliphatic imine (C=N–C) groups is 1. The van der Waals surface area contributed by atoms with E-state index in [-0.39, 0.29) is 6.09 Å². The van der Waals surface area contributed by atoms with Gasteiger partial charge in [-0.05, 0) is 52.4 Å². The summed E-state index contributed by atoms with van der Waals surface area (Å²) in [5.41, 5.74) is -0.445. The fraction of sp³-hybridized carbons (Fsp3) is 0.750. The molecule has 0 saturated carbocycles. The topological polar surface area (TPSA) is 78.9 Å². The van der Waals surface area contributed by atoms with Crippen molar-refractivity contribution in [2.24, 2.45) is 10.9 Å². The zero-order valence-electron chi connectivity index (χ0n) is 17.9. The number of carbonyl (C=O) groups is 1. The van der Waals surface area contributed by atoms with Crippen LogP contribution < -0.4 is 10.6 Å². The van der Waals surface area contributed by atoms with Crippen molar-refractivity contribution in [2.45, 2.75) is 65.5 Å². The third kappa shape index (κ3) is 7.66. The highest BCUT2D eigenvalue weighted by molar-refractivity contribution is 7.11. The number of nitrogens with one attached hydrogen (secondary N) is 2. The Bertz CT molecular complexity index is 653. The van der Waals surface area contributed by atoms with Crippen molar-refractivity contribution < 1.29 is 9.53 Å². The van der Waals surface area contributed by atoms with Gasteiger partial charge in [0.25, 0.3) is 0 Å². The molecular formula is C20H35N5O2S. The summed E-state index contributed by atoms with van der Waals surface area (Å²) >= 11 is 1.73. The maximum Gasteiger partial charge on any atom is 0.410 e. The Kier molecular flexibility index (Phi) is 8.54. The maximum absolute atomic E-state index is 12.3. The molecule has 1 amide bonds. The lowest BCUT2D eigenvalue weighted by Gasteiger charge is -2.34. The van der Waals surface area contributed by atoms with Crippen LogP contribution in [0, 0.1) is 5.92 Å². The number of ether oxygens (including phenoxy) is 1. The largest absolute Gasteiger partial charge is 0.444 e. The number of likely N-dealkylation sites (tertiary alicyclic amines) is 1. The third-order valence-corrected chi connectivity index (χ3v) is 5.74. The third-order valence-electron chi connectivity index (χ3n) is 4.60. The van der Waals surface area contributed by atoms with Crippen LogP contribution in [0.2, 0.25) is 0 Å². The van der Waals surface area contributed by atoms with E-state index in [9.17, 15) is 4.79 Å². The Labute approximate surface area is 173 Å². The lowest BCUT2D eigenvalue weighted by atomic mass is 9.95. The Morgan fingerprint density at radius 3 is 2.86 bits per heavy atom. The first kappa shape index (κ1) is 22.5. The van der Waals surface area contributed by atoms with Crippen LogP contribution in [0.15, 0.2) is 11.2 Å². The SMILES string of the molecule is CCc1cnc(CNC(=NC)NCCC2CCCN(C(=O)OC(C)(C)C)C2)s1. The van der Waals surface area contributed by atoms with E-state index >= 15 is 0 Å². The molecule has 1 fully saturated rings. The zero-order valence-corrected chi connectivity index (χ0v) is 18.7. The molecule has 2 N–H and O–H groups in total. The standard InChI is InChI=1S/C20H35N5O2S/c1-6-16-12-23-17(28-16)13-24-18(21-5)22-10-9-15-8-7-11-25(14-15)19(26)27-20(2,3)4/h12,15H,6-11,13-14H2,1-5H3,(H2,21,22,24). The number of amides is 1. The lowest BCUT2D eigenvalue weighted by Crippen LogP contribution is -2.44. The number of aromatic nitrogens is 1. The molecule has 0 spiro atoms. The monoisotopic (exact) mass is 409 g/mol. The molecule has 0 aliphatic carbocycles. The molecule has 28 heavy (non-hydrogen) atoms. The molecule has 2 heterocycles. The van der Waals surface area contributed by atoms with Crippen molar-refractivity contribution in [1.82, 2.24) is 20.5 Å². The Hall–Kier alpha value is -1.83. The lowest BCUT2D eigenvalue weighted by molar-refractivity contribution is 0.0162. The second-order valence-electron chi connectivity index (χ2n) is 8.15. The summed E-state index contributed by atoms with van der Waals surface area (Å²) < 4.78 is 5.51. The summed E-state index contributed by atoms with van der Waals surface area (Å²) in [4.78, 5) is 24.1. The van der Waals surface area contributed by atoms with Crippen LogP contribution in [-0.2, 0) is 17.7 Å². The van der Waals surface area contributed by atoms with Crippen molar-refractivity contribution in [3.63, 3.8) is 0 Å². The number of carbonyl (C=O) groups excluding carboxylic acids is 1. The Balaban J connectivity index is 1.71. The van der Waals surface area contributed by atoms with E-state index in [0.717, 1.165) is 56.3 Å². The predicted molar refractivity (Wildman–Crippen MR) is 115 cm³/mol. The first-order valence-electron chi connectivity index (χ1n) is 10.2. The van der Waals surface area contributed by atoms with Crippen LogP contribution in [0.5, 0.6) is 0 Å². The molecule has 1 saturated heterocycles. The fourth-order valence-electron chi connectivity index (χ4n) is 3.16. The first-order valence-corrected chi connectivity index (χ1v) is 11.0. The van der Waals surface area contributed by atoms with Gasteiger partial charge < -0.3 is 20.3 Å². The van der Waals surface area contributed by atoms with Crippen LogP contribution in [-0.4, -0.2) is 54.2 Å². The first-order chi connectivity index (χ1) is 13.3. The van der Waals surface area contributed by atoms with Gasteiger partial charge in [-0.1, -0.05) is 6.92 Å². The minimum atomic E-state index is -0.445. The van der Waals surface area contributed by atoms with Crippen LogP contribution in [0.25, 0.3) is 0 Å². The van der Waals surface area contributed by atoms with Gasteiger partial charge in [-0.25, -0.2) is 9.78 Å². The van der Waals surface area contributed by atoms with Gasteiger partial charge >= 0.3 is 6.09 Å². The highest BCUT2D eigenvalue weighted by atomic mass is 32.1. The van der Waals surface area contributed by atoms with E-state index in [1.807, 2.05) is 31.9 Å². The van der Waals surface area contributed by atoms with Crippen LogP contribution in [0.4, 0.5) is 4.79 Å². The van der Waals surface area contributed by atoms with E-state index in [1.165, 1.54) is 4.88 Å². The van der Waals surface area contributed by atoms with E-state index in [0.29, 0.717) is 12.5 Å². The summed E-state index contributed by atoms with van der Waals surface area (Å²) in [5.74, 6) is 1.27. The smallest absolute Gasteiger partial charge is 0.410 e. The van der Waals surface area contributed by atoms with Gasteiger partial charge in [-0.3, -0.25) is 4.99 Å². The van der Waals surface area contributed by atoms with Crippen molar-refractivity contribution in [2.75, 3.05) is 26.7 Å². The van der Waals surface area contributed by atoms with Crippen LogP contribution in [0.3, 0.4) is 0 Å². The number of piperidine rings is 1. The number of nitrogens with zero attached hydrogens (tertiary/aromatic N) is 3. The maximum atomic E-state index is 12.3. The van der Waals surface area contributed by atoms with Gasteiger partial charge in [0.15, 0.2) is 5.96 Å². The second kappa shape index (κ2) is 10.6. The molecule has 1 unspecified atom stereocenters. The van der Waals surface area contributed by atoms with Gasteiger partial charge in [0.2, 0.25) is 0 Å². The predicted octanol–water partition coefficient (Wildman–Crippen LogP) is 3.41. The zero-order chi connectivity index (χ0) is 20.6. The van der Waals surface area contributed by atoms with Crippen LogP contribution in [0.1, 0.15) is 56.8 Å². The quantitative estimate of drug-likeness (QED) is 0.556.